The Bertz CT molecular complexity index is 145. The summed E-state index contributed by atoms with van der Waals surface area (Å²) < 4.78 is 0. The van der Waals surface area contributed by atoms with Crippen molar-refractivity contribution in [1.82, 2.24) is 5.32 Å². The van der Waals surface area contributed by atoms with E-state index in [1.165, 1.54) is 51.4 Å². The van der Waals surface area contributed by atoms with Crippen LogP contribution in [-0.2, 0) is 0 Å². The average molecular weight is 212 g/mol. The van der Waals surface area contributed by atoms with Gasteiger partial charge in [0.2, 0.25) is 0 Å². The normalized spacial score (nSPS) is 23.2. The third kappa shape index (κ3) is 6.16. The molecule has 2 aliphatic rings. The van der Waals surface area contributed by atoms with E-state index >= 15 is 0 Å². The first-order valence-corrected chi connectivity index (χ1v) is 6.70. The van der Waals surface area contributed by atoms with E-state index in [-0.39, 0.29) is 0 Å². The fourth-order valence-corrected chi connectivity index (χ4v) is 2.52. The summed E-state index contributed by atoms with van der Waals surface area (Å²) in [6.07, 6.45) is 10.9. The SMILES string of the molecule is CC(C)NC1CCCC1.NC1CCCC1. The molecule has 3 N–H and O–H groups in total. The van der Waals surface area contributed by atoms with Gasteiger partial charge in [-0.2, -0.15) is 0 Å². The summed E-state index contributed by atoms with van der Waals surface area (Å²) in [7, 11) is 0. The van der Waals surface area contributed by atoms with Gasteiger partial charge in [-0.25, -0.2) is 0 Å². The zero-order valence-electron chi connectivity index (χ0n) is 10.5. The summed E-state index contributed by atoms with van der Waals surface area (Å²) in [5, 5.41) is 3.54. The van der Waals surface area contributed by atoms with Crippen LogP contribution in [0.2, 0.25) is 0 Å². The maximum absolute atomic E-state index is 5.53. The third-order valence-corrected chi connectivity index (χ3v) is 3.32. The topological polar surface area (TPSA) is 38.0 Å². The molecule has 0 saturated heterocycles. The van der Waals surface area contributed by atoms with Gasteiger partial charge in [0.05, 0.1) is 0 Å². The molecule has 0 bridgehead atoms. The fraction of sp³-hybridized carbons (Fsp3) is 1.00. The van der Waals surface area contributed by atoms with Crippen LogP contribution in [0.4, 0.5) is 0 Å². The minimum Gasteiger partial charge on any atom is -0.328 e. The summed E-state index contributed by atoms with van der Waals surface area (Å²) in [6, 6.07) is 2.06. The lowest BCUT2D eigenvalue weighted by Crippen LogP contribution is -2.32. The molecule has 0 aromatic carbocycles. The Balaban J connectivity index is 0.000000162. The average Bonchev–Trinajstić information content (AvgIpc) is 2.78. The van der Waals surface area contributed by atoms with E-state index in [1.807, 2.05) is 0 Å². The van der Waals surface area contributed by atoms with Crippen LogP contribution in [0.1, 0.15) is 65.2 Å². The Labute approximate surface area is 95.0 Å². The van der Waals surface area contributed by atoms with Crippen LogP contribution >= 0.6 is 0 Å². The summed E-state index contributed by atoms with van der Waals surface area (Å²) in [4.78, 5) is 0. The van der Waals surface area contributed by atoms with Gasteiger partial charge in [0.1, 0.15) is 0 Å². The van der Waals surface area contributed by atoms with Crippen LogP contribution in [-0.4, -0.2) is 18.1 Å². The molecule has 15 heavy (non-hydrogen) atoms. The van der Waals surface area contributed by atoms with Crippen molar-refractivity contribution in [2.24, 2.45) is 5.73 Å². The van der Waals surface area contributed by atoms with Gasteiger partial charge in [0, 0.05) is 18.1 Å². The standard InChI is InChI=1S/C8H17N.C5H11N/c1-7(2)9-8-5-3-4-6-8;6-5-3-1-2-4-5/h7-9H,3-6H2,1-2H3;5H,1-4,6H2. The highest BCUT2D eigenvalue weighted by molar-refractivity contribution is 4.74. The first kappa shape index (κ1) is 13.0. The van der Waals surface area contributed by atoms with E-state index in [9.17, 15) is 0 Å². The lowest BCUT2D eigenvalue weighted by Gasteiger charge is -2.14. The minimum absolute atomic E-state index is 0.546. The molecule has 2 rings (SSSR count). The lowest BCUT2D eigenvalue weighted by atomic mass is 10.2. The highest BCUT2D eigenvalue weighted by atomic mass is 14.9. The molecule has 2 aliphatic carbocycles. The maximum Gasteiger partial charge on any atom is 0.00694 e. The molecule has 0 amide bonds. The molecule has 0 atom stereocenters. The molecule has 2 saturated carbocycles. The van der Waals surface area contributed by atoms with Crippen molar-refractivity contribution in [2.45, 2.75) is 83.3 Å². The van der Waals surface area contributed by atoms with Crippen molar-refractivity contribution in [2.75, 3.05) is 0 Å². The van der Waals surface area contributed by atoms with Gasteiger partial charge in [-0.1, -0.05) is 39.5 Å². The molecule has 0 spiro atoms. The molecule has 2 nitrogen and oxygen atoms in total. The van der Waals surface area contributed by atoms with E-state index in [0.717, 1.165) is 6.04 Å². The highest BCUT2D eigenvalue weighted by Gasteiger charge is 2.14. The highest BCUT2D eigenvalue weighted by Crippen LogP contribution is 2.17. The second-order valence-corrected chi connectivity index (χ2v) is 5.35. The second kappa shape index (κ2) is 7.24. The third-order valence-electron chi connectivity index (χ3n) is 3.32. The van der Waals surface area contributed by atoms with E-state index in [2.05, 4.69) is 19.2 Å². The molecule has 90 valence electrons. The number of hydrogen-bond donors (Lipinski definition) is 2. The largest absolute Gasteiger partial charge is 0.328 e. The number of nitrogens with two attached hydrogens (primary N) is 1. The summed E-state index contributed by atoms with van der Waals surface area (Å²) in [5.41, 5.74) is 5.53. The number of hydrogen-bond acceptors (Lipinski definition) is 2. The fourth-order valence-electron chi connectivity index (χ4n) is 2.52. The molecular formula is C13H28N2. The molecule has 0 aliphatic heterocycles. The van der Waals surface area contributed by atoms with Gasteiger partial charge in [-0.05, 0) is 25.7 Å². The smallest absolute Gasteiger partial charge is 0.00694 e. The van der Waals surface area contributed by atoms with E-state index in [1.54, 1.807) is 0 Å². The molecule has 0 aromatic heterocycles. The van der Waals surface area contributed by atoms with Crippen molar-refractivity contribution in [3.8, 4) is 0 Å². The van der Waals surface area contributed by atoms with Gasteiger partial charge < -0.3 is 11.1 Å². The van der Waals surface area contributed by atoms with Crippen molar-refractivity contribution in [3.63, 3.8) is 0 Å². The summed E-state index contributed by atoms with van der Waals surface area (Å²) in [6.45, 7) is 4.44. The second-order valence-electron chi connectivity index (χ2n) is 5.35. The quantitative estimate of drug-likeness (QED) is 0.738. The Morgan fingerprint density at radius 2 is 1.40 bits per heavy atom. The molecular weight excluding hydrogens is 184 g/mol. The zero-order chi connectivity index (χ0) is 11.1. The zero-order valence-corrected chi connectivity index (χ0v) is 10.5. The number of rotatable bonds is 2. The van der Waals surface area contributed by atoms with Crippen LogP contribution in [0.3, 0.4) is 0 Å². The van der Waals surface area contributed by atoms with Crippen LogP contribution in [0, 0.1) is 0 Å². The predicted octanol–water partition coefficient (Wildman–Crippen LogP) is 2.81. The lowest BCUT2D eigenvalue weighted by molar-refractivity contribution is 0.471. The molecule has 0 radical (unpaired) electrons. The molecule has 2 fully saturated rings. The van der Waals surface area contributed by atoms with Gasteiger partial charge in [-0.15, -0.1) is 0 Å². The van der Waals surface area contributed by atoms with Crippen molar-refractivity contribution >= 4 is 0 Å². The van der Waals surface area contributed by atoms with Crippen molar-refractivity contribution in [3.05, 3.63) is 0 Å². The molecule has 0 unspecified atom stereocenters. The van der Waals surface area contributed by atoms with Crippen LogP contribution in [0.25, 0.3) is 0 Å². The van der Waals surface area contributed by atoms with Crippen LogP contribution < -0.4 is 11.1 Å². The summed E-state index contributed by atoms with van der Waals surface area (Å²) in [5.74, 6) is 0. The Morgan fingerprint density at radius 1 is 0.933 bits per heavy atom. The maximum atomic E-state index is 5.53. The van der Waals surface area contributed by atoms with Gasteiger partial charge in [0.15, 0.2) is 0 Å². The van der Waals surface area contributed by atoms with Crippen LogP contribution in [0.15, 0.2) is 0 Å². The molecule has 0 heterocycles. The Hall–Kier alpha value is -0.0800. The summed E-state index contributed by atoms with van der Waals surface area (Å²) >= 11 is 0. The first-order chi connectivity index (χ1) is 7.18. The first-order valence-electron chi connectivity index (χ1n) is 6.70. The van der Waals surface area contributed by atoms with E-state index in [0.29, 0.717) is 12.1 Å². The van der Waals surface area contributed by atoms with E-state index in [4.69, 9.17) is 5.73 Å². The Morgan fingerprint density at radius 3 is 1.73 bits per heavy atom. The monoisotopic (exact) mass is 212 g/mol. The van der Waals surface area contributed by atoms with Crippen molar-refractivity contribution in [1.29, 1.82) is 0 Å². The number of nitrogens with one attached hydrogen (secondary N) is 1. The van der Waals surface area contributed by atoms with Gasteiger partial charge >= 0.3 is 0 Å². The Kier molecular flexibility index (Phi) is 6.26. The predicted molar refractivity (Wildman–Crippen MR) is 67.0 cm³/mol. The van der Waals surface area contributed by atoms with Gasteiger partial charge in [-0.3, -0.25) is 0 Å². The van der Waals surface area contributed by atoms with Gasteiger partial charge in [0.25, 0.3) is 0 Å². The van der Waals surface area contributed by atoms with Crippen LogP contribution in [0.5, 0.6) is 0 Å². The van der Waals surface area contributed by atoms with Crippen molar-refractivity contribution < 1.29 is 0 Å². The minimum atomic E-state index is 0.546. The molecule has 0 aromatic rings. The molecule has 2 heteroatoms. The van der Waals surface area contributed by atoms with E-state index < -0.39 is 0 Å².